The van der Waals surface area contributed by atoms with Gasteiger partial charge in [-0.3, -0.25) is 0 Å². The molecule has 0 aromatic carbocycles. The van der Waals surface area contributed by atoms with E-state index in [0.717, 1.165) is 5.25 Å². The van der Waals surface area contributed by atoms with Crippen molar-refractivity contribution in [1.82, 2.24) is 0 Å². The smallest absolute Gasteiger partial charge is 0.0159 e. The van der Waals surface area contributed by atoms with E-state index in [1.165, 1.54) is 37.9 Å². The molecular weight excluding hydrogens is 184 g/mol. The lowest BCUT2D eigenvalue weighted by Gasteiger charge is -2.04. The molecule has 1 fully saturated rings. The quantitative estimate of drug-likeness (QED) is 0.481. The van der Waals surface area contributed by atoms with Crippen LogP contribution < -0.4 is 0 Å². The Morgan fingerprint density at radius 3 is 2.50 bits per heavy atom. The van der Waals surface area contributed by atoms with E-state index in [9.17, 15) is 0 Å². The summed E-state index contributed by atoms with van der Waals surface area (Å²) < 4.78 is 0. The van der Waals surface area contributed by atoms with Gasteiger partial charge in [0.25, 0.3) is 0 Å². The van der Waals surface area contributed by atoms with E-state index in [1.54, 1.807) is 0 Å². The Labute approximate surface area is 85.7 Å². The first kappa shape index (κ1) is 12.7. The molecule has 0 aromatic heterocycles. The number of hydrogen-bond acceptors (Lipinski definition) is 2. The molecule has 2 heteroatoms. The highest BCUT2D eigenvalue weighted by molar-refractivity contribution is 8.77. The zero-order valence-electron chi connectivity index (χ0n) is 8.64. The van der Waals surface area contributed by atoms with E-state index in [2.05, 4.69) is 28.5 Å². The van der Waals surface area contributed by atoms with Crippen LogP contribution in [-0.4, -0.2) is 11.0 Å². The SMILES string of the molecule is CC.CCCCCC1CCSS1. The molecule has 0 spiro atoms. The van der Waals surface area contributed by atoms with Crippen molar-refractivity contribution in [3.8, 4) is 0 Å². The molecule has 74 valence electrons. The van der Waals surface area contributed by atoms with Crippen LogP contribution in [0.4, 0.5) is 0 Å². The molecule has 0 bridgehead atoms. The second-order valence-electron chi connectivity index (χ2n) is 2.82. The highest BCUT2D eigenvalue weighted by atomic mass is 33.1. The van der Waals surface area contributed by atoms with Crippen molar-refractivity contribution in [3.05, 3.63) is 0 Å². The summed E-state index contributed by atoms with van der Waals surface area (Å²) in [5.74, 6) is 1.39. The van der Waals surface area contributed by atoms with Gasteiger partial charge in [0.2, 0.25) is 0 Å². The average Bonchev–Trinajstić information content (AvgIpc) is 2.61. The maximum Gasteiger partial charge on any atom is 0.0159 e. The van der Waals surface area contributed by atoms with E-state index in [1.807, 2.05) is 13.8 Å². The maximum atomic E-state index is 2.27. The molecule has 0 aromatic rings. The van der Waals surface area contributed by atoms with Gasteiger partial charge < -0.3 is 0 Å². The van der Waals surface area contributed by atoms with Crippen LogP contribution in [0.5, 0.6) is 0 Å². The van der Waals surface area contributed by atoms with Crippen LogP contribution in [0.1, 0.15) is 52.9 Å². The van der Waals surface area contributed by atoms with Gasteiger partial charge in [-0.2, -0.15) is 0 Å². The third-order valence-corrected chi connectivity index (χ3v) is 4.86. The Morgan fingerprint density at radius 2 is 2.00 bits per heavy atom. The highest BCUT2D eigenvalue weighted by Gasteiger charge is 2.14. The van der Waals surface area contributed by atoms with Crippen LogP contribution in [0.3, 0.4) is 0 Å². The summed E-state index contributed by atoms with van der Waals surface area (Å²) in [7, 11) is 4.17. The molecule has 1 aliphatic rings. The second kappa shape index (κ2) is 9.79. The van der Waals surface area contributed by atoms with E-state index in [4.69, 9.17) is 0 Å². The minimum atomic E-state index is 0.997. The van der Waals surface area contributed by atoms with Crippen LogP contribution >= 0.6 is 21.6 Å². The Bertz CT molecular complexity index is 77.9. The Balaban J connectivity index is 0.000000561. The van der Waals surface area contributed by atoms with E-state index in [-0.39, 0.29) is 0 Å². The summed E-state index contributed by atoms with van der Waals surface area (Å²) in [6.07, 6.45) is 7.17. The standard InChI is InChI=1S/C8H16S2.C2H6/c1-2-3-4-5-8-6-7-9-10-8;1-2/h8H,2-7H2,1H3;1-2H3. The molecule has 1 rings (SSSR count). The number of hydrogen-bond donors (Lipinski definition) is 0. The predicted octanol–water partition coefficient (Wildman–Crippen LogP) is 4.75. The molecule has 0 N–H and O–H groups in total. The van der Waals surface area contributed by atoms with Crippen molar-refractivity contribution in [1.29, 1.82) is 0 Å². The summed E-state index contributed by atoms with van der Waals surface area (Å²) in [5.41, 5.74) is 0. The zero-order chi connectivity index (χ0) is 9.23. The molecule has 1 saturated heterocycles. The summed E-state index contributed by atoms with van der Waals surface area (Å²) in [6, 6.07) is 0. The fourth-order valence-corrected chi connectivity index (χ4v) is 4.21. The Kier molecular flexibility index (Phi) is 10.4. The summed E-state index contributed by atoms with van der Waals surface area (Å²) in [5, 5.41) is 0.997. The fraction of sp³-hybridized carbons (Fsp3) is 1.00. The van der Waals surface area contributed by atoms with Crippen LogP contribution in [0.2, 0.25) is 0 Å². The summed E-state index contributed by atoms with van der Waals surface area (Å²) in [6.45, 7) is 6.27. The van der Waals surface area contributed by atoms with Gasteiger partial charge in [-0.25, -0.2) is 0 Å². The Hall–Kier alpha value is 0.700. The highest BCUT2D eigenvalue weighted by Crippen LogP contribution is 2.39. The van der Waals surface area contributed by atoms with E-state index < -0.39 is 0 Å². The molecule has 1 atom stereocenters. The normalized spacial score (nSPS) is 21.8. The molecule has 0 amide bonds. The lowest BCUT2D eigenvalue weighted by Crippen LogP contribution is -1.96. The van der Waals surface area contributed by atoms with Crippen molar-refractivity contribution in [3.63, 3.8) is 0 Å². The van der Waals surface area contributed by atoms with Gasteiger partial charge in [0.15, 0.2) is 0 Å². The third-order valence-electron chi connectivity index (χ3n) is 1.86. The first-order valence-corrected chi connectivity index (χ1v) is 7.60. The van der Waals surface area contributed by atoms with Crippen molar-refractivity contribution >= 4 is 21.6 Å². The molecule has 0 aliphatic carbocycles. The van der Waals surface area contributed by atoms with Gasteiger partial charge in [-0.05, 0) is 12.8 Å². The van der Waals surface area contributed by atoms with Crippen LogP contribution in [0, 0.1) is 0 Å². The molecule has 1 heterocycles. The van der Waals surface area contributed by atoms with Gasteiger partial charge >= 0.3 is 0 Å². The minimum Gasteiger partial charge on any atom is -0.0938 e. The first-order valence-electron chi connectivity index (χ1n) is 5.21. The molecule has 0 radical (unpaired) electrons. The molecule has 0 nitrogen and oxygen atoms in total. The average molecular weight is 206 g/mol. The van der Waals surface area contributed by atoms with E-state index in [0.29, 0.717) is 0 Å². The van der Waals surface area contributed by atoms with Gasteiger partial charge in [0.1, 0.15) is 0 Å². The molecule has 1 aliphatic heterocycles. The maximum absolute atomic E-state index is 2.27. The largest absolute Gasteiger partial charge is 0.0938 e. The third kappa shape index (κ3) is 6.24. The zero-order valence-corrected chi connectivity index (χ0v) is 10.3. The number of unbranched alkanes of at least 4 members (excludes halogenated alkanes) is 2. The lowest BCUT2D eigenvalue weighted by atomic mass is 10.1. The van der Waals surface area contributed by atoms with Crippen LogP contribution in [-0.2, 0) is 0 Å². The van der Waals surface area contributed by atoms with Crippen LogP contribution in [0.25, 0.3) is 0 Å². The van der Waals surface area contributed by atoms with Gasteiger partial charge in [0, 0.05) is 11.0 Å². The molecular formula is C10H22S2. The van der Waals surface area contributed by atoms with E-state index >= 15 is 0 Å². The fourth-order valence-electron chi connectivity index (χ4n) is 1.19. The summed E-state index contributed by atoms with van der Waals surface area (Å²) in [4.78, 5) is 0. The van der Waals surface area contributed by atoms with Crippen molar-refractivity contribution in [2.45, 2.75) is 58.1 Å². The molecule has 1 unspecified atom stereocenters. The van der Waals surface area contributed by atoms with Gasteiger partial charge in [0.05, 0.1) is 0 Å². The van der Waals surface area contributed by atoms with Crippen molar-refractivity contribution in [2.24, 2.45) is 0 Å². The topological polar surface area (TPSA) is 0 Å². The van der Waals surface area contributed by atoms with Gasteiger partial charge in [-0.1, -0.05) is 61.6 Å². The van der Waals surface area contributed by atoms with Crippen molar-refractivity contribution in [2.75, 3.05) is 5.75 Å². The minimum absolute atomic E-state index is 0.997. The summed E-state index contributed by atoms with van der Waals surface area (Å²) >= 11 is 0. The Morgan fingerprint density at radius 1 is 1.25 bits per heavy atom. The number of rotatable bonds is 4. The van der Waals surface area contributed by atoms with Crippen LogP contribution in [0.15, 0.2) is 0 Å². The molecule has 12 heavy (non-hydrogen) atoms. The van der Waals surface area contributed by atoms with Crippen molar-refractivity contribution < 1.29 is 0 Å². The lowest BCUT2D eigenvalue weighted by molar-refractivity contribution is 0.642. The second-order valence-corrected chi connectivity index (χ2v) is 5.61. The predicted molar refractivity (Wildman–Crippen MR) is 63.9 cm³/mol. The van der Waals surface area contributed by atoms with Gasteiger partial charge in [-0.15, -0.1) is 0 Å². The molecule has 0 saturated carbocycles. The first-order chi connectivity index (χ1) is 5.93. The monoisotopic (exact) mass is 206 g/mol.